The average Bonchev–Trinajstić information content (AvgIpc) is 3.13. The van der Waals surface area contributed by atoms with Gasteiger partial charge in [0.2, 0.25) is 0 Å². The number of nitriles is 1. The number of hydrogen-bond donors (Lipinski definition) is 1. The van der Waals surface area contributed by atoms with Crippen molar-refractivity contribution in [1.29, 1.82) is 5.26 Å². The maximum Gasteiger partial charge on any atom is 0.173 e. The minimum absolute atomic E-state index is 0.542. The Hall–Kier alpha value is -2.61. The number of benzene rings is 1. The van der Waals surface area contributed by atoms with Crippen LogP contribution in [0.1, 0.15) is 24.0 Å². The fourth-order valence-corrected chi connectivity index (χ4v) is 2.58. The van der Waals surface area contributed by atoms with Gasteiger partial charge >= 0.3 is 0 Å². The number of nitrogens with one attached hydrogen (secondary N) is 1. The van der Waals surface area contributed by atoms with Crippen molar-refractivity contribution in [2.24, 2.45) is 10.3 Å². The highest BCUT2D eigenvalue weighted by Crippen LogP contribution is 2.31. The summed E-state index contributed by atoms with van der Waals surface area (Å²) in [5, 5.41) is 19.8. The van der Waals surface area contributed by atoms with Crippen molar-refractivity contribution < 1.29 is 0 Å². The number of H-pyrrole nitrogens is 1. The number of rotatable bonds is 3. The lowest BCUT2D eigenvalue weighted by molar-refractivity contribution is 0.336. The monoisotopic (exact) mass is 279 g/mol. The molecule has 1 N–H and O–H groups in total. The quantitative estimate of drug-likeness (QED) is 0.864. The van der Waals surface area contributed by atoms with Crippen molar-refractivity contribution in [3.05, 3.63) is 41.5 Å². The first-order valence-corrected chi connectivity index (χ1v) is 7.14. The summed E-state index contributed by atoms with van der Waals surface area (Å²) in [6, 6.07) is 12.2. The Morgan fingerprint density at radius 2 is 1.90 bits per heavy atom. The molecule has 1 aliphatic heterocycles. The van der Waals surface area contributed by atoms with Gasteiger partial charge in [-0.1, -0.05) is 35.6 Å². The zero-order chi connectivity index (χ0) is 14.7. The Morgan fingerprint density at radius 3 is 2.57 bits per heavy atom. The van der Waals surface area contributed by atoms with Crippen LogP contribution in [0.3, 0.4) is 0 Å². The van der Waals surface area contributed by atoms with Crippen LogP contribution in [0.5, 0.6) is 0 Å². The maximum atomic E-state index is 9.37. The molecule has 0 unspecified atom stereocenters. The lowest BCUT2D eigenvalue weighted by atomic mass is 10.1. The molecule has 1 saturated heterocycles. The topological polar surface area (TPSA) is 67.5 Å². The molecule has 2 heterocycles. The van der Waals surface area contributed by atoms with Crippen molar-refractivity contribution in [3.8, 4) is 17.3 Å². The van der Waals surface area contributed by atoms with Gasteiger partial charge in [0, 0.05) is 13.1 Å². The minimum atomic E-state index is 0.542. The third-order valence-electron chi connectivity index (χ3n) is 3.76. The van der Waals surface area contributed by atoms with Crippen molar-refractivity contribution in [3.63, 3.8) is 0 Å². The first-order chi connectivity index (χ1) is 10.3. The molecule has 106 valence electrons. The summed E-state index contributed by atoms with van der Waals surface area (Å²) in [6.45, 7) is 3.82. The largest absolute Gasteiger partial charge is 0.337 e. The summed E-state index contributed by atoms with van der Waals surface area (Å²) in [5.41, 5.74) is 3.47. The molecule has 0 spiro atoms. The molecule has 2 aromatic rings. The number of aromatic nitrogens is 1. The van der Waals surface area contributed by atoms with Gasteiger partial charge in [-0.05, 0) is 30.9 Å². The zero-order valence-electron chi connectivity index (χ0n) is 12.0. The lowest BCUT2D eigenvalue weighted by Gasteiger charge is -2.06. The van der Waals surface area contributed by atoms with Gasteiger partial charge in [0.25, 0.3) is 0 Å². The fraction of sp³-hybridized carbons (Fsp3) is 0.312. The van der Waals surface area contributed by atoms with E-state index in [-0.39, 0.29) is 0 Å². The highest BCUT2D eigenvalue weighted by atomic mass is 15.5. The zero-order valence-corrected chi connectivity index (χ0v) is 12.0. The normalized spacial score (nSPS) is 14.8. The third-order valence-corrected chi connectivity index (χ3v) is 3.76. The molecule has 1 aromatic carbocycles. The van der Waals surface area contributed by atoms with Gasteiger partial charge in [-0.25, -0.2) is 0 Å². The molecule has 5 heteroatoms. The molecule has 1 aliphatic rings. The second-order valence-electron chi connectivity index (χ2n) is 5.18. The standard InChI is InChI=1S/C16H17N5/c1-12-14(11-17)16(19-20-21-9-5-6-10-21)18-15(12)13-7-3-2-4-8-13/h2-4,7-8,18H,5-6,9-10H2,1H3/b20-19+. The van der Waals surface area contributed by atoms with Gasteiger partial charge in [-0.15, -0.1) is 5.11 Å². The third kappa shape index (κ3) is 2.65. The number of aromatic amines is 1. The van der Waals surface area contributed by atoms with E-state index >= 15 is 0 Å². The molecule has 0 bridgehead atoms. The average molecular weight is 279 g/mol. The van der Waals surface area contributed by atoms with Gasteiger partial charge < -0.3 is 4.98 Å². The summed E-state index contributed by atoms with van der Waals surface area (Å²) in [5.74, 6) is 0.542. The van der Waals surface area contributed by atoms with Gasteiger partial charge in [-0.3, -0.25) is 5.01 Å². The predicted octanol–water partition coefficient (Wildman–Crippen LogP) is 3.96. The van der Waals surface area contributed by atoms with Crippen LogP contribution < -0.4 is 0 Å². The van der Waals surface area contributed by atoms with Gasteiger partial charge in [-0.2, -0.15) is 5.26 Å². The van der Waals surface area contributed by atoms with Crippen molar-refractivity contribution in [1.82, 2.24) is 9.99 Å². The van der Waals surface area contributed by atoms with E-state index in [1.54, 1.807) is 0 Å². The van der Waals surface area contributed by atoms with E-state index in [1.165, 1.54) is 0 Å². The Morgan fingerprint density at radius 1 is 1.19 bits per heavy atom. The summed E-state index contributed by atoms with van der Waals surface area (Å²) < 4.78 is 0. The Bertz CT molecular complexity index is 687. The van der Waals surface area contributed by atoms with Crippen LogP contribution in [0.15, 0.2) is 40.7 Å². The Labute approximate surface area is 123 Å². The maximum absolute atomic E-state index is 9.37. The van der Waals surface area contributed by atoms with E-state index in [2.05, 4.69) is 21.4 Å². The van der Waals surface area contributed by atoms with Crippen LogP contribution in [0, 0.1) is 18.3 Å². The molecule has 1 aromatic heterocycles. The summed E-state index contributed by atoms with van der Waals surface area (Å²) in [7, 11) is 0. The van der Waals surface area contributed by atoms with E-state index < -0.39 is 0 Å². The molecule has 0 atom stereocenters. The second-order valence-corrected chi connectivity index (χ2v) is 5.18. The number of nitrogens with zero attached hydrogens (tertiary/aromatic N) is 4. The molecule has 5 nitrogen and oxygen atoms in total. The molecule has 1 fully saturated rings. The lowest BCUT2D eigenvalue weighted by Crippen LogP contribution is -2.09. The van der Waals surface area contributed by atoms with Crippen LogP contribution in [0.2, 0.25) is 0 Å². The molecular formula is C16H17N5. The van der Waals surface area contributed by atoms with Crippen molar-refractivity contribution in [2.45, 2.75) is 19.8 Å². The first-order valence-electron chi connectivity index (χ1n) is 7.14. The summed E-state index contributed by atoms with van der Waals surface area (Å²) >= 11 is 0. The Kier molecular flexibility index (Phi) is 3.69. The smallest absolute Gasteiger partial charge is 0.173 e. The Balaban J connectivity index is 1.96. The van der Waals surface area contributed by atoms with E-state index in [1.807, 2.05) is 42.3 Å². The molecular weight excluding hydrogens is 262 g/mol. The van der Waals surface area contributed by atoms with Crippen LogP contribution in [0.25, 0.3) is 11.3 Å². The highest BCUT2D eigenvalue weighted by Gasteiger charge is 2.16. The number of hydrogen-bond acceptors (Lipinski definition) is 3. The molecule has 3 rings (SSSR count). The van der Waals surface area contributed by atoms with Gasteiger partial charge in [0.1, 0.15) is 11.6 Å². The second kappa shape index (κ2) is 5.80. The molecule has 0 aliphatic carbocycles. The fourth-order valence-electron chi connectivity index (χ4n) is 2.58. The van der Waals surface area contributed by atoms with Gasteiger partial charge in [0.15, 0.2) is 5.82 Å². The molecule has 0 saturated carbocycles. The van der Waals surface area contributed by atoms with E-state index in [0.29, 0.717) is 11.4 Å². The minimum Gasteiger partial charge on any atom is -0.337 e. The van der Waals surface area contributed by atoms with Crippen LogP contribution >= 0.6 is 0 Å². The summed E-state index contributed by atoms with van der Waals surface area (Å²) in [6.07, 6.45) is 2.31. The van der Waals surface area contributed by atoms with Crippen LogP contribution in [0.4, 0.5) is 5.82 Å². The van der Waals surface area contributed by atoms with Gasteiger partial charge in [0.05, 0.1) is 5.69 Å². The molecule has 0 amide bonds. The molecule has 21 heavy (non-hydrogen) atoms. The first kappa shape index (κ1) is 13.4. The van der Waals surface area contributed by atoms with E-state index in [9.17, 15) is 5.26 Å². The van der Waals surface area contributed by atoms with E-state index in [0.717, 1.165) is 42.8 Å². The van der Waals surface area contributed by atoms with E-state index in [4.69, 9.17) is 0 Å². The van der Waals surface area contributed by atoms with Crippen LogP contribution in [-0.4, -0.2) is 23.1 Å². The van der Waals surface area contributed by atoms with Crippen LogP contribution in [-0.2, 0) is 0 Å². The predicted molar refractivity (Wildman–Crippen MR) is 81.0 cm³/mol. The van der Waals surface area contributed by atoms with Crippen molar-refractivity contribution >= 4 is 5.82 Å². The highest BCUT2D eigenvalue weighted by molar-refractivity contribution is 5.72. The van der Waals surface area contributed by atoms with Crippen molar-refractivity contribution in [2.75, 3.05) is 13.1 Å². The SMILES string of the molecule is Cc1c(-c2ccccc2)[nH]c(/N=N/N2CCCC2)c1C#N. The summed E-state index contributed by atoms with van der Waals surface area (Å²) in [4.78, 5) is 3.23. The molecule has 0 radical (unpaired) electrons.